The summed E-state index contributed by atoms with van der Waals surface area (Å²) in [6.07, 6.45) is 0. The van der Waals surface area contributed by atoms with Crippen molar-refractivity contribution in [1.82, 2.24) is 0 Å². The summed E-state index contributed by atoms with van der Waals surface area (Å²) in [5.74, 6) is 0.792. The van der Waals surface area contributed by atoms with Crippen molar-refractivity contribution in [2.24, 2.45) is 0 Å². The highest BCUT2D eigenvalue weighted by atomic mass is 32.1. The van der Waals surface area contributed by atoms with Crippen LogP contribution >= 0.6 is 12.6 Å². The molecule has 0 heterocycles. The molecule has 2 aromatic carbocycles. The Kier molecular flexibility index (Phi) is 2.90. The maximum atomic E-state index is 4.27. The molecule has 0 spiro atoms. The monoisotopic (exact) mass is 200 g/mol. The molecule has 0 N–H and O–H groups in total. The lowest BCUT2D eigenvalue weighted by Gasteiger charge is -2.02. The van der Waals surface area contributed by atoms with Crippen LogP contribution in [0.25, 0.3) is 11.1 Å². The van der Waals surface area contributed by atoms with Gasteiger partial charge in [-0.25, -0.2) is 0 Å². The van der Waals surface area contributed by atoms with Crippen LogP contribution in [0.3, 0.4) is 0 Å². The third-order valence-corrected chi connectivity index (χ3v) is 2.58. The third-order valence-electron chi connectivity index (χ3n) is 2.22. The molecule has 0 aromatic heterocycles. The van der Waals surface area contributed by atoms with Crippen molar-refractivity contribution >= 4 is 12.6 Å². The van der Waals surface area contributed by atoms with E-state index in [2.05, 4.69) is 61.2 Å². The molecule has 70 valence electrons. The molecule has 0 aliphatic rings. The first-order valence-electron chi connectivity index (χ1n) is 4.65. The van der Waals surface area contributed by atoms with Crippen LogP contribution in [0.2, 0.25) is 0 Å². The molecule has 0 atom stereocenters. The second-order valence-corrected chi connectivity index (χ2v) is 3.54. The quantitative estimate of drug-likeness (QED) is 0.701. The van der Waals surface area contributed by atoms with Gasteiger partial charge in [0.1, 0.15) is 0 Å². The Morgan fingerprint density at radius 3 is 2.21 bits per heavy atom. The van der Waals surface area contributed by atoms with Gasteiger partial charge in [0.05, 0.1) is 0 Å². The van der Waals surface area contributed by atoms with Gasteiger partial charge in [0.2, 0.25) is 0 Å². The zero-order valence-corrected chi connectivity index (χ0v) is 8.74. The maximum absolute atomic E-state index is 4.27. The van der Waals surface area contributed by atoms with Crippen LogP contribution in [-0.4, -0.2) is 0 Å². The lowest BCUT2D eigenvalue weighted by Crippen LogP contribution is -1.80. The van der Waals surface area contributed by atoms with Crippen LogP contribution in [0.5, 0.6) is 0 Å². The minimum atomic E-state index is 0.792. The molecule has 0 amide bonds. The summed E-state index contributed by atoms with van der Waals surface area (Å²) in [7, 11) is 0. The largest absolute Gasteiger partial charge is 0.175 e. The van der Waals surface area contributed by atoms with Gasteiger partial charge in [-0.3, -0.25) is 0 Å². The van der Waals surface area contributed by atoms with Crippen LogP contribution in [-0.2, 0) is 5.75 Å². The molecule has 0 fully saturated rings. The molecular formula is C13H12S. The number of rotatable bonds is 2. The predicted octanol–water partition coefficient (Wildman–Crippen LogP) is 3.78. The molecule has 14 heavy (non-hydrogen) atoms. The van der Waals surface area contributed by atoms with Crippen LogP contribution < -0.4 is 0 Å². The van der Waals surface area contributed by atoms with Crippen molar-refractivity contribution in [2.75, 3.05) is 0 Å². The van der Waals surface area contributed by atoms with E-state index in [4.69, 9.17) is 0 Å². The number of thiol groups is 1. The Bertz CT molecular complexity index is 407. The van der Waals surface area contributed by atoms with Crippen molar-refractivity contribution in [3.8, 4) is 11.1 Å². The highest BCUT2D eigenvalue weighted by molar-refractivity contribution is 7.79. The second-order valence-electron chi connectivity index (χ2n) is 3.22. The molecule has 0 saturated heterocycles. The Morgan fingerprint density at radius 1 is 0.786 bits per heavy atom. The van der Waals surface area contributed by atoms with Gasteiger partial charge in [0.15, 0.2) is 0 Å². The highest BCUT2D eigenvalue weighted by Crippen LogP contribution is 2.20. The fourth-order valence-corrected chi connectivity index (χ4v) is 1.68. The lowest BCUT2D eigenvalue weighted by molar-refractivity contribution is 1.42. The maximum Gasteiger partial charge on any atom is 0.0154 e. The number of benzene rings is 2. The molecular weight excluding hydrogens is 188 g/mol. The first kappa shape index (κ1) is 9.35. The second kappa shape index (κ2) is 4.34. The highest BCUT2D eigenvalue weighted by Gasteiger charge is 1.96. The van der Waals surface area contributed by atoms with Crippen LogP contribution in [0.1, 0.15) is 5.56 Å². The zero-order chi connectivity index (χ0) is 9.80. The van der Waals surface area contributed by atoms with E-state index in [1.807, 2.05) is 6.07 Å². The van der Waals surface area contributed by atoms with Gasteiger partial charge < -0.3 is 0 Å². The average Bonchev–Trinajstić information content (AvgIpc) is 2.30. The van der Waals surface area contributed by atoms with Gasteiger partial charge in [-0.05, 0) is 16.7 Å². The summed E-state index contributed by atoms with van der Waals surface area (Å²) < 4.78 is 0. The van der Waals surface area contributed by atoms with E-state index in [-0.39, 0.29) is 0 Å². The molecule has 0 aliphatic heterocycles. The van der Waals surface area contributed by atoms with E-state index in [0.29, 0.717) is 0 Å². The molecule has 0 nitrogen and oxygen atoms in total. The lowest BCUT2D eigenvalue weighted by atomic mass is 10.0. The van der Waals surface area contributed by atoms with E-state index < -0.39 is 0 Å². The van der Waals surface area contributed by atoms with E-state index >= 15 is 0 Å². The van der Waals surface area contributed by atoms with Gasteiger partial charge in [-0.1, -0.05) is 54.6 Å². The van der Waals surface area contributed by atoms with Crippen LogP contribution in [0.15, 0.2) is 54.6 Å². The molecule has 0 saturated carbocycles. The van der Waals surface area contributed by atoms with Crippen molar-refractivity contribution < 1.29 is 0 Å². The Balaban J connectivity index is 2.42. The normalized spacial score (nSPS) is 10.1. The van der Waals surface area contributed by atoms with Crippen LogP contribution in [0.4, 0.5) is 0 Å². The van der Waals surface area contributed by atoms with Gasteiger partial charge >= 0.3 is 0 Å². The van der Waals surface area contributed by atoms with Crippen molar-refractivity contribution in [3.05, 3.63) is 60.2 Å². The molecule has 0 aliphatic carbocycles. The SMILES string of the molecule is SCc1cccc(-c2ccccc2)c1. The van der Waals surface area contributed by atoms with Crippen molar-refractivity contribution in [2.45, 2.75) is 5.75 Å². The average molecular weight is 200 g/mol. The summed E-state index contributed by atoms with van der Waals surface area (Å²) in [5, 5.41) is 0. The Labute approximate surface area is 90.0 Å². The molecule has 1 heteroatoms. The van der Waals surface area contributed by atoms with E-state index in [1.165, 1.54) is 16.7 Å². The smallest absolute Gasteiger partial charge is 0.0154 e. The summed E-state index contributed by atoms with van der Waals surface area (Å²) in [4.78, 5) is 0. The summed E-state index contributed by atoms with van der Waals surface area (Å²) >= 11 is 4.27. The van der Waals surface area contributed by atoms with Crippen molar-refractivity contribution in [1.29, 1.82) is 0 Å². The predicted molar refractivity (Wildman–Crippen MR) is 64.6 cm³/mol. The Hall–Kier alpha value is -1.21. The fourth-order valence-electron chi connectivity index (χ4n) is 1.48. The summed E-state index contributed by atoms with van der Waals surface area (Å²) in [5.41, 5.74) is 3.78. The van der Waals surface area contributed by atoms with Gasteiger partial charge in [0.25, 0.3) is 0 Å². The molecule has 0 unspecified atom stereocenters. The fraction of sp³-hybridized carbons (Fsp3) is 0.0769. The van der Waals surface area contributed by atoms with Gasteiger partial charge in [0, 0.05) is 5.75 Å². The molecule has 0 bridgehead atoms. The standard InChI is InChI=1S/C13H12S/c14-10-11-5-4-8-13(9-11)12-6-2-1-3-7-12/h1-9,14H,10H2. The van der Waals surface area contributed by atoms with Crippen LogP contribution in [0, 0.1) is 0 Å². The van der Waals surface area contributed by atoms with E-state index in [0.717, 1.165) is 5.75 Å². The first-order chi connectivity index (χ1) is 6.90. The first-order valence-corrected chi connectivity index (χ1v) is 5.28. The van der Waals surface area contributed by atoms with E-state index in [1.54, 1.807) is 0 Å². The molecule has 2 aromatic rings. The van der Waals surface area contributed by atoms with Crippen molar-refractivity contribution in [3.63, 3.8) is 0 Å². The molecule has 2 rings (SSSR count). The topological polar surface area (TPSA) is 0 Å². The number of hydrogen-bond acceptors (Lipinski definition) is 1. The Morgan fingerprint density at radius 2 is 1.50 bits per heavy atom. The summed E-state index contributed by atoms with van der Waals surface area (Å²) in [6.45, 7) is 0. The third kappa shape index (κ3) is 1.99. The van der Waals surface area contributed by atoms with E-state index in [9.17, 15) is 0 Å². The minimum Gasteiger partial charge on any atom is -0.175 e. The minimum absolute atomic E-state index is 0.792. The number of hydrogen-bond donors (Lipinski definition) is 1. The van der Waals surface area contributed by atoms with Gasteiger partial charge in [-0.15, -0.1) is 0 Å². The zero-order valence-electron chi connectivity index (χ0n) is 7.85. The van der Waals surface area contributed by atoms with Gasteiger partial charge in [-0.2, -0.15) is 12.6 Å². The summed E-state index contributed by atoms with van der Waals surface area (Å²) in [6, 6.07) is 18.9. The molecule has 0 radical (unpaired) electrons.